The summed E-state index contributed by atoms with van der Waals surface area (Å²) in [6, 6.07) is 7.75. The normalized spacial score (nSPS) is 19.2. The number of nitrogens with one attached hydrogen (secondary N) is 1. The topological polar surface area (TPSA) is 79.4 Å². The van der Waals surface area contributed by atoms with E-state index in [9.17, 15) is 13.2 Å². The quantitative estimate of drug-likeness (QED) is 0.924. The Morgan fingerprint density at radius 3 is 2.86 bits per heavy atom. The first-order chi connectivity index (χ1) is 10.6. The first-order valence-corrected chi connectivity index (χ1v) is 9.18. The monoisotopic (exact) mass is 337 g/mol. The number of amides is 1. The molecular formula is C14H15N3O3S2. The van der Waals surface area contributed by atoms with Gasteiger partial charge in [0, 0.05) is 12.7 Å². The number of aromatic nitrogens is 1. The lowest BCUT2D eigenvalue weighted by molar-refractivity contribution is -0.119. The molecule has 1 fully saturated rings. The summed E-state index contributed by atoms with van der Waals surface area (Å²) in [6.07, 6.45) is 2.76. The Hall–Kier alpha value is -1.77. The summed E-state index contributed by atoms with van der Waals surface area (Å²) < 4.78 is 26.8. The summed E-state index contributed by atoms with van der Waals surface area (Å²) in [5.41, 5.74) is 0. The van der Waals surface area contributed by atoms with Gasteiger partial charge >= 0.3 is 0 Å². The van der Waals surface area contributed by atoms with Crippen LogP contribution in [0.5, 0.6) is 0 Å². The van der Waals surface area contributed by atoms with Crippen molar-refractivity contribution in [2.75, 3.05) is 11.9 Å². The Labute approximate surface area is 132 Å². The van der Waals surface area contributed by atoms with Crippen molar-refractivity contribution >= 4 is 33.1 Å². The molecule has 0 saturated carbocycles. The van der Waals surface area contributed by atoms with E-state index in [1.807, 2.05) is 0 Å². The molecule has 0 radical (unpaired) electrons. The van der Waals surface area contributed by atoms with E-state index < -0.39 is 16.1 Å². The number of thiophene rings is 1. The molecule has 1 aliphatic heterocycles. The largest absolute Gasteiger partial charge is 0.309 e. The average molecular weight is 337 g/mol. The highest BCUT2D eigenvalue weighted by molar-refractivity contribution is 7.91. The van der Waals surface area contributed by atoms with E-state index in [0.29, 0.717) is 25.2 Å². The minimum Gasteiger partial charge on any atom is -0.309 e. The molecule has 1 unspecified atom stereocenters. The van der Waals surface area contributed by atoms with Crippen LogP contribution >= 0.6 is 11.3 Å². The van der Waals surface area contributed by atoms with Gasteiger partial charge in [0.25, 0.3) is 10.0 Å². The van der Waals surface area contributed by atoms with E-state index in [2.05, 4.69) is 10.3 Å². The first-order valence-electron chi connectivity index (χ1n) is 6.86. The zero-order valence-electron chi connectivity index (χ0n) is 11.7. The van der Waals surface area contributed by atoms with Crippen molar-refractivity contribution < 1.29 is 13.2 Å². The summed E-state index contributed by atoms with van der Waals surface area (Å²) in [7, 11) is -3.61. The molecule has 2 aromatic rings. The van der Waals surface area contributed by atoms with E-state index in [-0.39, 0.29) is 10.1 Å². The molecule has 0 spiro atoms. The number of hydrogen-bond acceptors (Lipinski definition) is 5. The molecule has 1 atom stereocenters. The van der Waals surface area contributed by atoms with Gasteiger partial charge in [0.05, 0.1) is 0 Å². The third kappa shape index (κ3) is 2.90. The maximum absolute atomic E-state index is 12.6. The smallest absolute Gasteiger partial charge is 0.253 e. The molecule has 1 N–H and O–H groups in total. The standard InChI is InChI=1S/C14H15N3O3S2/c18-14(16-12-6-1-2-8-15-12)11-5-3-9-17(11)22(19,20)13-7-4-10-21-13/h1-2,4,6-8,10-11H,3,5,9H2,(H,15,16,18). The molecule has 0 aliphatic carbocycles. The Morgan fingerprint density at radius 1 is 1.32 bits per heavy atom. The van der Waals surface area contributed by atoms with Crippen molar-refractivity contribution in [1.29, 1.82) is 0 Å². The number of rotatable bonds is 4. The van der Waals surface area contributed by atoms with Gasteiger partial charge in [-0.1, -0.05) is 12.1 Å². The SMILES string of the molecule is O=C(Nc1ccccn1)C1CCCN1S(=O)(=O)c1cccs1. The van der Waals surface area contributed by atoms with Crippen LogP contribution in [0, 0.1) is 0 Å². The third-order valence-electron chi connectivity index (χ3n) is 3.48. The molecule has 1 amide bonds. The van der Waals surface area contributed by atoms with Gasteiger partial charge in [-0.3, -0.25) is 4.79 Å². The van der Waals surface area contributed by atoms with Crippen molar-refractivity contribution in [1.82, 2.24) is 9.29 Å². The van der Waals surface area contributed by atoms with Crippen LogP contribution in [0.2, 0.25) is 0 Å². The Balaban J connectivity index is 1.80. The molecule has 116 valence electrons. The lowest BCUT2D eigenvalue weighted by Gasteiger charge is -2.22. The van der Waals surface area contributed by atoms with Crippen molar-refractivity contribution in [3.63, 3.8) is 0 Å². The zero-order chi connectivity index (χ0) is 15.6. The second-order valence-electron chi connectivity index (χ2n) is 4.91. The first kappa shape index (κ1) is 15.1. The Kier molecular flexibility index (Phi) is 4.23. The molecule has 3 rings (SSSR count). The van der Waals surface area contributed by atoms with Crippen LogP contribution in [0.1, 0.15) is 12.8 Å². The van der Waals surface area contributed by atoms with Gasteiger partial charge in [-0.05, 0) is 36.4 Å². The molecule has 0 aromatic carbocycles. The van der Waals surface area contributed by atoms with Gasteiger partial charge in [0.15, 0.2) is 0 Å². The van der Waals surface area contributed by atoms with Gasteiger partial charge < -0.3 is 5.32 Å². The van der Waals surface area contributed by atoms with Gasteiger partial charge in [-0.25, -0.2) is 13.4 Å². The van der Waals surface area contributed by atoms with Crippen LogP contribution in [0.4, 0.5) is 5.82 Å². The van der Waals surface area contributed by atoms with Crippen LogP contribution in [0.3, 0.4) is 0 Å². The molecule has 2 aromatic heterocycles. The highest BCUT2D eigenvalue weighted by Gasteiger charge is 2.39. The summed E-state index contributed by atoms with van der Waals surface area (Å²) in [5, 5.41) is 4.39. The fourth-order valence-electron chi connectivity index (χ4n) is 2.46. The maximum atomic E-state index is 12.6. The number of nitrogens with zero attached hydrogens (tertiary/aromatic N) is 2. The lowest BCUT2D eigenvalue weighted by Crippen LogP contribution is -2.42. The fraction of sp³-hybridized carbons (Fsp3) is 0.286. The summed E-state index contributed by atoms with van der Waals surface area (Å²) in [6.45, 7) is 0.362. The van der Waals surface area contributed by atoms with Gasteiger partial charge in [-0.15, -0.1) is 11.3 Å². The summed E-state index contributed by atoms with van der Waals surface area (Å²) >= 11 is 1.16. The third-order valence-corrected chi connectivity index (χ3v) is 6.76. The van der Waals surface area contributed by atoms with Crippen LogP contribution in [0.25, 0.3) is 0 Å². The molecule has 6 nitrogen and oxygen atoms in total. The number of sulfonamides is 1. The number of anilines is 1. The fourth-order valence-corrected chi connectivity index (χ4v) is 5.24. The predicted octanol–water partition coefficient (Wildman–Crippen LogP) is 1.93. The minimum absolute atomic E-state index is 0.269. The minimum atomic E-state index is -3.61. The van der Waals surface area contributed by atoms with Gasteiger partial charge in [-0.2, -0.15) is 4.31 Å². The van der Waals surface area contributed by atoms with E-state index >= 15 is 0 Å². The molecule has 8 heteroatoms. The average Bonchev–Trinajstić information content (AvgIpc) is 3.20. The number of carbonyl (C=O) groups is 1. The second kappa shape index (κ2) is 6.15. The van der Waals surface area contributed by atoms with Crippen LogP contribution in [-0.2, 0) is 14.8 Å². The van der Waals surface area contributed by atoms with Crippen LogP contribution in [-0.4, -0.2) is 36.2 Å². The van der Waals surface area contributed by atoms with E-state index in [1.54, 1.807) is 41.9 Å². The van der Waals surface area contributed by atoms with Crippen molar-refractivity contribution in [2.24, 2.45) is 0 Å². The highest BCUT2D eigenvalue weighted by atomic mass is 32.2. The molecule has 3 heterocycles. The molecule has 22 heavy (non-hydrogen) atoms. The zero-order valence-corrected chi connectivity index (χ0v) is 13.3. The van der Waals surface area contributed by atoms with Crippen molar-refractivity contribution in [2.45, 2.75) is 23.1 Å². The molecule has 1 aliphatic rings. The van der Waals surface area contributed by atoms with E-state index in [1.165, 1.54) is 4.31 Å². The number of carbonyl (C=O) groups excluding carboxylic acids is 1. The predicted molar refractivity (Wildman–Crippen MR) is 84.1 cm³/mol. The Morgan fingerprint density at radius 2 is 2.18 bits per heavy atom. The Bertz CT molecular complexity index is 745. The lowest BCUT2D eigenvalue weighted by atomic mass is 10.2. The van der Waals surface area contributed by atoms with Gasteiger partial charge in [0.1, 0.15) is 16.1 Å². The van der Waals surface area contributed by atoms with Crippen molar-refractivity contribution in [3.05, 3.63) is 41.9 Å². The second-order valence-corrected chi connectivity index (χ2v) is 7.98. The molecule has 0 bridgehead atoms. The summed E-state index contributed by atoms with van der Waals surface area (Å²) in [4.78, 5) is 16.4. The van der Waals surface area contributed by atoms with Gasteiger partial charge in [0.2, 0.25) is 5.91 Å². The number of hydrogen-bond donors (Lipinski definition) is 1. The van der Waals surface area contributed by atoms with E-state index in [0.717, 1.165) is 11.3 Å². The number of pyridine rings is 1. The summed E-state index contributed by atoms with van der Waals surface area (Å²) in [5.74, 6) is 0.0872. The van der Waals surface area contributed by atoms with Crippen LogP contribution in [0.15, 0.2) is 46.1 Å². The van der Waals surface area contributed by atoms with Crippen LogP contribution < -0.4 is 5.32 Å². The maximum Gasteiger partial charge on any atom is 0.253 e. The van der Waals surface area contributed by atoms with Crippen molar-refractivity contribution in [3.8, 4) is 0 Å². The molecular weight excluding hydrogens is 322 g/mol. The molecule has 1 saturated heterocycles. The highest BCUT2D eigenvalue weighted by Crippen LogP contribution is 2.29. The van der Waals surface area contributed by atoms with E-state index in [4.69, 9.17) is 0 Å².